The summed E-state index contributed by atoms with van der Waals surface area (Å²) in [5.41, 5.74) is 0. The fourth-order valence-corrected chi connectivity index (χ4v) is 3.58. The van der Waals surface area contributed by atoms with Crippen molar-refractivity contribution in [2.45, 2.75) is 155 Å². The molecule has 28 heavy (non-hydrogen) atoms. The monoisotopic (exact) mass is 386 g/mol. The maximum Gasteiger partial charge on any atom is 0.00886 e. The summed E-state index contributed by atoms with van der Waals surface area (Å²) in [6, 6.07) is 0. The normalized spacial score (nSPS) is 10.2. The van der Waals surface area contributed by atoms with Gasteiger partial charge in [0.15, 0.2) is 0 Å². The third-order valence-corrected chi connectivity index (χ3v) is 5.44. The molecule has 0 saturated heterocycles. The summed E-state index contributed by atoms with van der Waals surface area (Å²) in [6.45, 7) is 4.41. The highest BCUT2D eigenvalue weighted by atomic mass is 14.0. The molecule has 0 amide bonds. The number of unbranched alkanes of at least 4 members (excludes halogenated alkanes) is 19. The molecule has 0 fully saturated rings. The molecule has 0 aromatic heterocycles. The van der Waals surface area contributed by atoms with Crippen molar-refractivity contribution in [3.63, 3.8) is 0 Å². The summed E-state index contributed by atoms with van der Waals surface area (Å²) in [4.78, 5) is 0. The van der Waals surface area contributed by atoms with Gasteiger partial charge in [-0.1, -0.05) is 110 Å². The molecule has 0 saturated carbocycles. The predicted octanol–water partition coefficient (Wildman–Crippen LogP) is 9.62. The van der Waals surface area contributed by atoms with Crippen molar-refractivity contribution in [2.24, 2.45) is 0 Å². The Kier molecular flexibility index (Phi) is 25.3. The minimum Gasteiger partial charge on any atom is -0.104 e. The molecule has 0 heterocycles. The molecule has 0 aliphatic carbocycles. The van der Waals surface area contributed by atoms with E-state index in [9.17, 15) is 0 Å². The molecule has 0 bridgehead atoms. The largest absolute Gasteiger partial charge is 0.104 e. The van der Waals surface area contributed by atoms with E-state index in [1.54, 1.807) is 0 Å². The summed E-state index contributed by atoms with van der Waals surface area (Å²) < 4.78 is 0. The van der Waals surface area contributed by atoms with Crippen LogP contribution in [-0.2, 0) is 0 Å². The zero-order chi connectivity index (χ0) is 20.4. The SMILES string of the molecule is CCC#CCCCCCCCCCCC#CCCCCCCCCCCCC. The molecule has 0 heteroatoms. The summed E-state index contributed by atoms with van der Waals surface area (Å²) in [5.74, 6) is 13.2. The molecule has 0 aromatic rings. The lowest BCUT2D eigenvalue weighted by Gasteiger charge is -2.01. The Labute approximate surface area is 179 Å². The molecule has 0 radical (unpaired) electrons. The lowest BCUT2D eigenvalue weighted by Crippen LogP contribution is -1.82. The van der Waals surface area contributed by atoms with Crippen molar-refractivity contribution in [1.29, 1.82) is 0 Å². The number of rotatable bonds is 19. The zero-order valence-corrected chi connectivity index (χ0v) is 19.6. The van der Waals surface area contributed by atoms with Gasteiger partial charge in [-0.05, 0) is 19.3 Å². The molecule has 0 spiro atoms. The lowest BCUT2D eigenvalue weighted by molar-refractivity contribution is 0.558. The number of hydrogen-bond donors (Lipinski definition) is 0. The van der Waals surface area contributed by atoms with E-state index in [-0.39, 0.29) is 0 Å². The van der Waals surface area contributed by atoms with Gasteiger partial charge in [-0.3, -0.25) is 0 Å². The van der Waals surface area contributed by atoms with Crippen LogP contribution in [0.4, 0.5) is 0 Å². The third kappa shape index (κ3) is 25.1. The van der Waals surface area contributed by atoms with Crippen molar-refractivity contribution < 1.29 is 0 Å². The second-order valence-electron chi connectivity index (χ2n) is 8.32. The van der Waals surface area contributed by atoms with E-state index in [0.29, 0.717) is 0 Å². The maximum atomic E-state index is 3.39. The predicted molar refractivity (Wildman–Crippen MR) is 128 cm³/mol. The Hall–Kier alpha value is -0.880. The first kappa shape index (κ1) is 27.1. The first-order chi connectivity index (χ1) is 13.9. The fourth-order valence-electron chi connectivity index (χ4n) is 3.58. The Bertz CT molecular complexity index is 397. The first-order valence-electron chi connectivity index (χ1n) is 12.8. The molecule has 0 aliphatic rings. The van der Waals surface area contributed by atoms with Gasteiger partial charge in [0.2, 0.25) is 0 Å². The second kappa shape index (κ2) is 26.1. The van der Waals surface area contributed by atoms with Crippen LogP contribution in [0.3, 0.4) is 0 Å². The summed E-state index contributed by atoms with van der Waals surface area (Å²) in [7, 11) is 0. The lowest BCUT2D eigenvalue weighted by atomic mass is 10.1. The van der Waals surface area contributed by atoms with Crippen molar-refractivity contribution in [1.82, 2.24) is 0 Å². The van der Waals surface area contributed by atoms with Gasteiger partial charge in [-0.2, -0.15) is 0 Å². The van der Waals surface area contributed by atoms with Crippen molar-refractivity contribution in [3.8, 4) is 23.7 Å². The van der Waals surface area contributed by atoms with Gasteiger partial charge >= 0.3 is 0 Å². The fraction of sp³-hybridized carbons (Fsp3) is 0.857. The minimum atomic E-state index is 1.00. The van der Waals surface area contributed by atoms with Crippen molar-refractivity contribution in [2.75, 3.05) is 0 Å². The average Bonchev–Trinajstić information content (AvgIpc) is 2.71. The first-order valence-corrected chi connectivity index (χ1v) is 12.8. The van der Waals surface area contributed by atoms with Crippen LogP contribution in [0, 0.1) is 23.7 Å². The van der Waals surface area contributed by atoms with E-state index >= 15 is 0 Å². The van der Waals surface area contributed by atoms with Crippen LogP contribution in [-0.4, -0.2) is 0 Å². The Morgan fingerprint density at radius 1 is 0.321 bits per heavy atom. The van der Waals surface area contributed by atoms with Crippen molar-refractivity contribution in [3.05, 3.63) is 0 Å². The van der Waals surface area contributed by atoms with E-state index in [4.69, 9.17) is 0 Å². The molecular formula is C28H50. The van der Waals surface area contributed by atoms with E-state index < -0.39 is 0 Å². The summed E-state index contributed by atoms with van der Waals surface area (Å²) in [6.07, 6.45) is 29.4. The second-order valence-corrected chi connectivity index (χ2v) is 8.32. The highest BCUT2D eigenvalue weighted by Gasteiger charge is 1.93. The Balaban J connectivity index is 3.12. The van der Waals surface area contributed by atoms with Crippen LogP contribution in [0.25, 0.3) is 0 Å². The van der Waals surface area contributed by atoms with Gasteiger partial charge in [0, 0.05) is 25.7 Å². The topological polar surface area (TPSA) is 0 Å². The molecule has 0 atom stereocenters. The average molecular weight is 387 g/mol. The zero-order valence-electron chi connectivity index (χ0n) is 19.6. The molecule has 0 aromatic carbocycles. The highest BCUT2D eigenvalue weighted by molar-refractivity contribution is 4.98. The molecule has 0 aliphatic heterocycles. The molecule has 0 unspecified atom stereocenters. The molecular weight excluding hydrogens is 336 g/mol. The summed E-state index contributed by atoms with van der Waals surface area (Å²) in [5, 5.41) is 0. The molecule has 162 valence electrons. The van der Waals surface area contributed by atoms with Gasteiger partial charge < -0.3 is 0 Å². The highest BCUT2D eigenvalue weighted by Crippen LogP contribution is 2.12. The maximum absolute atomic E-state index is 3.39. The van der Waals surface area contributed by atoms with Crippen LogP contribution in [0.5, 0.6) is 0 Å². The Morgan fingerprint density at radius 2 is 0.607 bits per heavy atom. The van der Waals surface area contributed by atoms with Crippen molar-refractivity contribution >= 4 is 0 Å². The van der Waals surface area contributed by atoms with Crippen LogP contribution >= 0.6 is 0 Å². The molecule has 0 N–H and O–H groups in total. The van der Waals surface area contributed by atoms with Gasteiger partial charge in [0.05, 0.1) is 0 Å². The van der Waals surface area contributed by atoms with Gasteiger partial charge in [-0.15, -0.1) is 23.7 Å². The van der Waals surface area contributed by atoms with Crippen LogP contribution in [0.2, 0.25) is 0 Å². The third-order valence-electron chi connectivity index (χ3n) is 5.44. The van der Waals surface area contributed by atoms with Gasteiger partial charge in [-0.25, -0.2) is 0 Å². The van der Waals surface area contributed by atoms with Gasteiger partial charge in [0.25, 0.3) is 0 Å². The van der Waals surface area contributed by atoms with E-state index in [1.165, 1.54) is 116 Å². The van der Waals surface area contributed by atoms with E-state index in [2.05, 4.69) is 37.5 Å². The van der Waals surface area contributed by atoms with Gasteiger partial charge in [0.1, 0.15) is 0 Å². The van der Waals surface area contributed by atoms with Crippen LogP contribution in [0.15, 0.2) is 0 Å². The standard InChI is InChI=1S/C28H50/c1-3-5-7-9-11-13-15-17-19-21-23-25-27-28-26-24-22-20-18-16-14-12-10-8-6-4-2/h3-5,7,9-24,26,28H2,1-2H3. The number of hydrogen-bond acceptors (Lipinski definition) is 0. The Morgan fingerprint density at radius 3 is 0.929 bits per heavy atom. The van der Waals surface area contributed by atoms with E-state index in [1.807, 2.05) is 0 Å². The quantitative estimate of drug-likeness (QED) is 0.153. The van der Waals surface area contributed by atoms with E-state index in [0.717, 1.165) is 25.7 Å². The van der Waals surface area contributed by atoms with Crippen LogP contribution < -0.4 is 0 Å². The molecule has 0 rings (SSSR count). The smallest absolute Gasteiger partial charge is 0.00886 e. The minimum absolute atomic E-state index is 1.00. The molecule has 0 nitrogen and oxygen atoms in total. The van der Waals surface area contributed by atoms with Crippen LogP contribution in [0.1, 0.15) is 155 Å². The summed E-state index contributed by atoms with van der Waals surface area (Å²) >= 11 is 0.